The smallest absolute Gasteiger partial charge is 0.216 e. The van der Waals surface area contributed by atoms with Crippen molar-refractivity contribution in [1.29, 1.82) is 0 Å². The molecule has 1 atom stereocenters. The normalized spacial score (nSPS) is 12.7. The van der Waals surface area contributed by atoms with Gasteiger partial charge in [-0.05, 0) is 33.1 Å². The molecule has 0 spiro atoms. The molecule has 1 aromatic heterocycles. The van der Waals surface area contributed by atoms with Crippen LogP contribution in [-0.4, -0.2) is 24.0 Å². The third kappa shape index (κ3) is 8.58. The van der Waals surface area contributed by atoms with Gasteiger partial charge in [0.1, 0.15) is 12.3 Å². The lowest BCUT2D eigenvalue weighted by atomic mass is 9.99. The van der Waals surface area contributed by atoms with E-state index < -0.39 is 0 Å². The van der Waals surface area contributed by atoms with Crippen molar-refractivity contribution in [3.05, 3.63) is 17.3 Å². The van der Waals surface area contributed by atoms with Gasteiger partial charge in [-0.1, -0.05) is 33.1 Å². The van der Waals surface area contributed by atoms with Gasteiger partial charge in [-0.25, -0.2) is 9.98 Å². The molecule has 0 saturated carbocycles. The van der Waals surface area contributed by atoms with Crippen molar-refractivity contribution in [3.8, 4) is 0 Å². The van der Waals surface area contributed by atoms with Crippen molar-refractivity contribution >= 4 is 29.9 Å². The highest BCUT2D eigenvalue weighted by Gasteiger charge is 2.08. The highest BCUT2D eigenvalue weighted by atomic mass is 127. The Hall–Kier alpha value is -0.790. The Balaban J connectivity index is 0.00000484. The van der Waals surface area contributed by atoms with Gasteiger partial charge in [0.05, 0.1) is 5.69 Å². The van der Waals surface area contributed by atoms with Crippen LogP contribution in [0, 0.1) is 19.8 Å². The zero-order valence-electron chi connectivity index (χ0n) is 15.2. The number of hydrogen-bond donors (Lipinski definition) is 2. The maximum atomic E-state index is 5.57. The van der Waals surface area contributed by atoms with Crippen molar-refractivity contribution < 1.29 is 4.42 Å². The van der Waals surface area contributed by atoms with Gasteiger partial charge >= 0.3 is 0 Å². The first-order chi connectivity index (χ1) is 10.6. The molecule has 0 bridgehead atoms. The van der Waals surface area contributed by atoms with Crippen LogP contribution in [0.4, 0.5) is 0 Å². The zero-order chi connectivity index (χ0) is 16.4. The number of aryl methyl sites for hydroxylation is 2. The molecule has 0 aliphatic carbocycles. The monoisotopic (exact) mass is 436 g/mol. The molecule has 0 amide bonds. The van der Waals surface area contributed by atoms with Crippen molar-refractivity contribution in [2.45, 2.75) is 66.8 Å². The van der Waals surface area contributed by atoms with Crippen LogP contribution in [-0.2, 0) is 6.54 Å². The molecule has 1 rings (SSSR count). The number of aliphatic imine (C=N–C) groups is 1. The number of guanidine groups is 1. The van der Waals surface area contributed by atoms with Gasteiger partial charge in [0.2, 0.25) is 5.89 Å². The number of unbranched alkanes of at least 4 members (excludes halogenated alkanes) is 1. The largest absolute Gasteiger partial charge is 0.444 e. The number of nitrogens with one attached hydrogen (secondary N) is 2. The summed E-state index contributed by atoms with van der Waals surface area (Å²) in [4.78, 5) is 8.93. The van der Waals surface area contributed by atoms with E-state index in [0.717, 1.165) is 30.5 Å². The van der Waals surface area contributed by atoms with Crippen molar-refractivity contribution in [1.82, 2.24) is 15.6 Å². The molecule has 0 saturated heterocycles. The second kappa shape index (κ2) is 12.6. The predicted molar refractivity (Wildman–Crippen MR) is 108 cm³/mol. The quantitative estimate of drug-likeness (QED) is 0.346. The van der Waals surface area contributed by atoms with Crippen LogP contribution in [0.2, 0.25) is 0 Å². The summed E-state index contributed by atoms with van der Waals surface area (Å²) in [5.41, 5.74) is 0.939. The van der Waals surface area contributed by atoms with E-state index in [1.54, 1.807) is 0 Å². The second-order valence-electron chi connectivity index (χ2n) is 5.74. The maximum absolute atomic E-state index is 5.57. The molecule has 2 N–H and O–H groups in total. The van der Waals surface area contributed by atoms with Gasteiger partial charge in [0, 0.05) is 13.1 Å². The third-order valence-electron chi connectivity index (χ3n) is 3.89. The Morgan fingerprint density at radius 1 is 1.22 bits per heavy atom. The van der Waals surface area contributed by atoms with E-state index in [-0.39, 0.29) is 24.0 Å². The average molecular weight is 436 g/mol. The summed E-state index contributed by atoms with van der Waals surface area (Å²) in [5, 5.41) is 6.72. The van der Waals surface area contributed by atoms with Crippen LogP contribution in [0.5, 0.6) is 0 Å². The maximum Gasteiger partial charge on any atom is 0.216 e. The zero-order valence-corrected chi connectivity index (χ0v) is 17.6. The van der Waals surface area contributed by atoms with Gasteiger partial charge in [-0.3, -0.25) is 0 Å². The Labute approximate surface area is 158 Å². The molecule has 1 heterocycles. The first-order valence-corrected chi connectivity index (χ1v) is 8.55. The Morgan fingerprint density at radius 3 is 2.48 bits per heavy atom. The van der Waals surface area contributed by atoms with Crippen molar-refractivity contribution in [2.24, 2.45) is 10.9 Å². The summed E-state index contributed by atoms with van der Waals surface area (Å²) in [7, 11) is 0. The van der Waals surface area contributed by atoms with Crippen LogP contribution < -0.4 is 10.6 Å². The van der Waals surface area contributed by atoms with E-state index in [9.17, 15) is 0 Å². The minimum Gasteiger partial charge on any atom is -0.444 e. The predicted octanol–water partition coefficient (Wildman–Crippen LogP) is 4.18. The summed E-state index contributed by atoms with van der Waals surface area (Å²) in [6.45, 7) is 12.7. The molecular formula is C17H33IN4O. The summed E-state index contributed by atoms with van der Waals surface area (Å²) in [6, 6.07) is 0. The van der Waals surface area contributed by atoms with Gasteiger partial charge in [0.15, 0.2) is 5.96 Å². The number of hydrogen-bond acceptors (Lipinski definition) is 3. The molecule has 1 unspecified atom stereocenters. The first kappa shape index (κ1) is 22.2. The summed E-state index contributed by atoms with van der Waals surface area (Å²) in [5.74, 6) is 3.08. The third-order valence-corrected chi connectivity index (χ3v) is 3.89. The van der Waals surface area contributed by atoms with E-state index in [4.69, 9.17) is 4.42 Å². The lowest BCUT2D eigenvalue weighted by Gasteiger charge is -2.17. The molecule has 6 heteroatoms. The number of aromatic nitrogens is 1. The molecule has 1 aromatic rings. The fourth-order valence-electron chi connectivity index (χ4n) is 2.28. The highest BCUT2D eigenvalue weighted by Crippen LogP contribution is 2.11. The van der Waals surface area contributed by atoms with Gasteiger partial charge in [-0.15, -0.1) is 24.0 Å². The topological polar surface area (TPSA) is 62.5 Å². The summed E-state index contributed by atoms with van der Waals surface area (Å²) in [6.07, 6.45) is 5.03. The summed E-state index contributed by atoms with van der Waals surface area (Å²) < 4.78 is 5.57. The molecular weight excluding hydrogens is 403 g/mol. The van der Waals surface area contributed by atoms with Crippen molar-refractivity contribution in [3.63, 3.8) is 0 Å². The lowest BCUT2D eigenvalue weighted by Crippen LogP contribution is -2.39. The van der Waals surface area contributed by atoms with E-state index in [2.05, 4.69) is 41.4 Å². The number of oxazole rings is 1. The number of nitrogens with zero attached hydrogens (tertiary/aromatic N) is 2. The molecule has 23 heavy (non-hydrogen) atoms. The van der Waals surface area contributed by atoms with Crippen LogP contribution >= 0.6 is 24.0 Å². The van der Waals surface area contributed by atoms with Gasteiger partial charge in [0.25, 0.3) is 0 Å². The van der Waals surface area contributed by atoms with Crippen LogP contribution in [0.1, 0.15) is 63.8 Å². The average Bonchev–Trinajstić information content (AvgIpc) is 2.83. The standard InChI is InChI=1S/C17H32N4O.HI/c1-6-9-10-15(7-2)11-19-17(18-8-3)20-12-16-21-13(4)14(5)22-16;/h15H,6-12H2,1-5H3,(H2,18,19,20);1H. The second-order valence-corrected chi connectivity index (χ2v) is 5.74. The molecule has 0 aliphatic heterocycles. The Kier molecular flexibility index (Phi) is 12.2. The highest BCUT2D eigenvalue weighted by molar-refractivity contribution is 14.0. The molecule has 5 nitrogen and oxygen atoms in total. The fourth-order valence-corrected chi connectivity index (χ4v) is 2.28. The minimum absolute atomic E-state index is 0. The Bertz CT molecular complexity index is 440. The Morgan fingerprint density at radius 2 is 1.96 bits per heavy atom. The first-order valence-electron chi connectivity index (χ1n) is 8.55. The van der Waals surface area contributed by atoms with E-state index >= 15 is 0 Å². The van der Waals surface area contributed by atoms with E-state index in [1.807, 2.05) is 13.8 Å². The number of rotatable bonds is 9. The van der Waals surface area contributed by atoms with Crippen LogP contribution in [0.25, 0.3) is 0 Å². The molecule has 0 radical (unpaired) electrons. The number of halogens is 1. The summed E-state index contributed by atoms with van der Waals surface area (Å²) >= 11 is 0. The minimum atomic E-state index is 0. The van der Waals surface area contributed by atoms with Crippen LogP contribution in [0.15, 0.2) is 9.41 Å². The van der Waals surface area contributed by atoms with Gasteiger partial charge in [-0.2, -0.15) is 0 Å². The molecule has 0 fully saturated rings. The van der Waals surface area contributed by atoms with Crippen LogP contribution in [0.3, 0.4) is 0 Å². The SMILES string of the molecule is CCCCC(CC)CNC(=NCc1nc(C)c(C)o1)NCC.I. The van der Waals surface area contributed by atoms with E-state index in [1.165, 1.54) is 25.7 Å². The molecule has 0 aromatic carbocycles. The fraction of sp³-hybridized carbons (Fsp3) is 0.765. The van der Waals surface area contributed by atoms with Gasteiger partial charge < -0.3 is 15.1 Å². The van der Waals surface area contributed by atoms with Crippen molar-refractivity contribution in [2.75, 3.05) is 13.1 Å². The molecule has 0 aliphatic rings. The molecule has 134 valence electrons. The lowest BCUT2D eigenvalue weighted by molar-refractivity contribution is 0.442. The van der Waals surface area contributed by atoms with E-state index in [0.29, 0.717) is 18.4 Å².